The zero-order valence-corrected chi connectivity index (χ0v) is 11.9. The van der Waals surface area contributed by atoms with Crippen molar-refractivity contribution >= 4 is 5.91 Å². The Labute approximate surface area is 105 Å². The van der Waals surface area contributed by atoms with Gasteiger partial charge in [0, 0.05) is 12.1 Å². The van der Waals surface area contributed by atoms with Crippen LogP contribution in [0.2, 0.25) is 0 Å². The maximum Gasteiger partial charge on any atom is 0.260 e. The first-order valence-electron chi connectivity index (χ1n) is 6.47. The van der Waals surface area contributed by atoms with Crippen molar-refractivity contribution < 1.29 is 9.63 Å². The molecule has 1 amide bonds. The van der Waals surface area contributed by atoms with E-state index in [1.165, 1.54) is 12.8 Å². The summed E-state index contributed by atoms with van der Waals surface area (Å²) in [6.45, 7) is 12.0. The average Bonchev–Trinajstić information content (AvgIpc) is 2.53. The second kappa shape index (κ2) is 5.36. The number of hydrogen-bond donors (Lipinski definition) is 1. The van der Waals surface area contributed by atoms with Gasteiger partial charge in [-0.2, -0.15) is 0 Å². The van der Waals surface area contributed by atoms with Gasteiger partial charge in [-0.05, 0) is 54.4 Å². The Balaban J connectivity index is 2.51. The first-order chi connectivity index (χ1) is 7.72. The summed E-state index contributed by atoms with van der Waals surface area (Å²) >= 11 is 0. The van der Waals surface area contributed by atoms with E-state index in [4.69, 9.17) is 4.84 Å². The van der Waals surface area contributed by atoms with Gasteiger partial charge in [0.15, 0.2) is 0 Å². The van der Waals surface area contributed by atoms with Crippen LogP contribution in [0.15, 0.2) is 0 Å². The largest absolute Gasteiger partial charge is 0.287 e. The molecule has 1 aliphatic rings. The van der Waals surface area contributed by atoms with Crippen molar-refractivity contribution in [2.75, 3.05) is 0 Å². The van der Waals surface area contributed by atoms with Crippen molar-refractivity contribution in [3.05, 3.63) is 0 Å². The van der Waals surface area contributed by atoms with Crippen molar-refractivity contribution in [2.24, 2.45) is 0 Å². The summed E-state index contributed by atoms with van der Waals surface area (Å²) in [6, 6.07) is 0.811. The van der Waals surface area contributed by atoms with Crippen LogP contribution in [-0.4, -0.2) is 34.5 Å². The van der Waals surface area contributed by atoms with E-state index < -0.39 is 0 Å². The normalized spacial score (nSPS) is 28.1. The van der Waals surface area contributed by atoms with Gasteiger partial charge in [-0.1, -0.05) is 0 Å². The minimum absolute atomic E-state index is 0.0551. The fourth-order valence-corrected chi connectivity index (χ4v) is 2.40. The average molecular weight is 242 g/mol. The maximum atomic E-state index is 12.0. The van der Waals surface area contributed by atoms with Gasteiger partial charge in [-0.3, -0.25) is 14.5 Å². The fraction of sp³-hybridized carbons (Fsp3) is 0.923. The summed E-state index contributed by atoms with van der Waals surface area (Å²) in [5.41, 5.74) is 2.21. The minimum atomic E-state index is -0.350. The molecule has 0 spiro atoms. The van der Waals surface area contributed by atoms with Crippen LogP contribution < -0.4 is 5.48 Å². The van der Waals surface area contributed by atoms with Gasteiger partial charge in [0.05, 0.1) is 11.6 Å². The molecule has 1 saturated heterocycles. The van der Waals surface area contributed by atoms with Gasteiger partial charge in [-0.25, -0.2) is 5.48 Å². The van der Waals surface area contributed by atoms with Gasteiger partial charge in [0.25, 0.3) is 5.91 Å². The van der Waals surface area contributed by atoms with Gasteiger partial charge >= 0.3 is 0 Å². The lowest BCUT2D eigenvalue weighted by molar-refractivity contribution is -0.151. The van der Waals surface area contributed by atoms with Crippen LogP contribution in [0.5, 0.6) is 0 Å². The monoisotopic (exact) mass is 242 g/mol. The highest BCUT2D eigenvalue weighted by Gasteiger charge is 2.34. The summed E-state index contributed by atoms with van der Waals surface area (Å²) in [5.74, 6) is -0.0551. The van der Waals surface area contributed by atoms with Crippen molar-refractivity contribution in [1.82, 2.24) is 10.4 Å². The summed E-state index contributed by atoms with van der Waals surface area (Å²) in [6.07, 6.45) is 2.33. The number of rotatable bonds is 3. The zero-order valence-electron chi connectivity index (χ0n) is 11.9. The highest BCUT2D eigenvalue weighted by molar-refractivity contribution is 5.80. The number of nitrogens with one attached hydrogen (secondary N) is 1. The molecule has 1 fully saturated rings. The highest BCUT2D eigenvalue weighted by atomic mass is 16.7. The van der Waals surface area contributed by atoms with Crippen LogP contribution in [-0.2, 0) is 9.63 Å². The third-order valence-corrected chi connectivity index (χ3v) is 3.30. The molecule has 0 bridgehead atoms. The molecule has 4 heteroatoms. The van der Waals surface area contributed by atoms with E-state index in [9.17, 15) is 4.79 Å². The van der Waals surface area contributed by atoms with E-state index in [1.54, 1.807) is 0 Å². The second-order valence-electron chi connectivity index (χ2n) is 6.08. The van der Waals surface area contributed by atoms with Crippen LogP contribution in [0.4, 0.5) is 0 Å². The topological polar surface area (TPSA) is 41.6 Å². The smallest absolute Gasteiger partial charge is 0.260 e. The first-order valence-corrected chi connectivity index (χ1v) is 6.47. The van der Waals surface area contributed by atoms with E-state index in [0.29, 0.717) is 12.1 Å². The number of hydroxylamine groups is 1. The Hall–Kier alpha value is -0.610. The van der Waals surface area contributed by atoms with Crippen molar-refractivity contribution in [3.63, 3.8) is 0 Å². The van der Waals surface area contributed by atoms with E-state index in [2.05, 4.69) is 24.2 Å². The molecule has 0 aromatic rings. The molecule has 17 heavy (non-hydrogen) atoms. The molecule has 1 N–H and O–H groups in total. The third kappa shape index (κ3) is 3.96. The van der Waals surface area contributed by atoms with Crippen LogP contribution in [0.25, 0.3) is 0 Å². The Kier molecular flexibility index (Phi) is 4.55. The fourth-order valence-electron chi connectivity index (χ4n) is 2.40. The first kappa shape index (κ1) is 14.5. The predicted molar refractivity (Wildman–Crippen MR) is 68.4 cm³/mol. The lowest BCUT2D eigenvalue weighted by Crippen LogP contribution is -2.50. The molecule has 0 aromatic carbocycles. The van der Waals surface area contributed by atoms with Gasteiger partial charge < -0.3 is 0 Å². The van der Waals surface area contributed by atoms with E-state index in [0.717, 1.165) is 0 Å². The second-order valence-corrected chi connectivity index (χ2v) is 6.08. The molecule has 3 unspecified atom stereocenters. The Morgan fingerprint density at radius 2 is 1.76 bits per heavy atom. The third-order valence-electron chi connectivity index (χ3n) is 3.30. The van der Waals surface area contributed by atoms with Gasteiger partial charge in [0.1, 0.15) is 0 Å². The van der Waals surface area contributed by atoms with Crippen molar-refractivity contribution in [2.45, 2.75) is 78.1 Å². The van der Waals surface area contributed by atoms with Crippen molar-refractivity contribution in [1.29, 1.82) is 0 Å². The lowest BCUT2D eigenvalue weighted by Gasteiger charge is -2.32. The van der Waals surface area contributed by atoms with Crippen LogP contribution >= 0.6 is 0 Å². The Morgan fingerprint density at radius 1 is 1.29 bits per heavy atom. The molecule has 1 aliphatic heterocycles. The van der Waals surface area contributed by atoms with Gasteiger partial charge in [0.2, 0.25) is 0 Å². The number of nitrogens with zero attached hydrogens (tertiary/aromatic N) is 1. The molecule has 100 valence electrons. The Morgan fingerprint density at radius 3 is 2.18 bits per heavy atom. The summed E-state index contributed by atoms with van der Waals surface area (Å²) < 4.78 is 0. The molecular weight excluding hydrogens is 216 g/mol. The molecule has 0 aromatic heterocycles. The quantitative estimate of drug-likeness (QED) is 0.771. The van der Waals surface area contributed by atoms with Crippen molar-refractivity contribution in [3.8, 4) is 0 Å². The van der Waals surface area contributed by atoms with Crippen LogP contribution in [0, 0.1) is 0 Å². The van der Waals surface area contributed by atoms with E-state index in [1.807, 2.05) is 27.7 Å². The summed E-state index contributed by atoms with van der Waals surface area (Å²) in [4.78, 5) is 19.6. The van der Waals surface area contributed by atoms with Crippen LogP contribution in [0.3, 0.4) is 0 Å². The summed E-state index contributed by atoms with van der Waals surface area (Å²) in [7, 11) is 0. The lowest BCUT2D eigenvalue weighted by atomic mass is 10.2. The molecule has 0 radical (unpaired) electrons. The molecule has 0 saturated carbocycles. The van der Waals surface area contributed by atoms with Crippen LogP contribution in [0.1, 0.15) is 54.4 Å². The standard InChI is InChI=1S/C13H26N2O2/c1-9-7-8-10(2)15(9)11(3)12(16)14-17-13(4,5)6/h9-11H,7-8H2,1-6H3,(H,14,16). The van der Waals surface area contributed by atoms with E-state index >= 15 is 0 Å². The highest BCUT2D eigenvalue weighted by Crippen LogP contribution is 2.25. The number of amides is 1. The zero-order chi connectivity index (χ0) is 13.2. The molecule has 1 rings (SSSR count). The Bertz CT molecular complexity index is 263. The maximum absolute atomic E-state index is 12.0. The molecule has 1 heterocycles. The van der Waals surface area contributed by atoms with Gasteiger partial charge in [-0.15, -0.1) is 0 Å². The minimum Gasteiger partial charge on any atom is -0.287 e. The number of carbonyl (C=O) groups is 1. The molecule has 4 nitrogen and oxygen atoms in total. The number of likely N-dealkylation sites (tertiary alicyclic amines) is 1. The molecule has 0 aliphatic carbocycles. The SMILES string of the molecule is CC1CCC(C)N1C(C)C(=O)NOC(C)(C)C. The molecule has 3 atom stereocenters. The summed E-state index contributed by atoms with van der Waals surface area (Å²) in [5, 5.41) is 0. The predicted octanol–water partition coefficient (Wildman–Crippen LogP) is 2.09. The molecular formula is C13H26N2O2. The number of hydrogen-bond acceptors (Lipinski definition) is 3. The number of carbonyl (C=O) groups excluding carboxylic acids is 1. The van der Waals surface area contributed by atoms with E-state index in [-0.39, 0.29) is 17.6 Å².